The van der Waals surface area contributed by atoms with Gasteiger partial charge in [0.2, 0.25) is 0 Å². The molecule has 17 heavy (non-hydrogen) atoms. The molecular weight excluding hydrogens is 289 g/mol. The van der Waals surface area contributed by atoms with Gasteiger partial charge in [-0.25, -0.2) is 0 Å². The predicted octanol–water partition coefficient (Wildman–Crippen LogP) is 4.87. The lowest BCUT2D eigenvalue weighted by atomic mass is 10.4. The van der Waals surface area contributed by atoms with E-state index in [9.17, 15) is 0 Å². The van der Waals surface area contributed by atoms with E-state index in [1.807, 2.05) is 36.4 Å². The molecule has 0 bridgehead atoms. The average molecular weight is 301 g/mol. The topological polar surface area (TPSA) is 0 Å². The first kappa shape index (κ1) is 13.3. The fraction of sp³-hybridized carbons (Fsp3) is 0.0769. The smallest absolute Gasteiger partial charge is 0.0271 e. The molecule has 0 spiro atoms. The van der Waals surface area contributed by atoms with Crippen LogP contribution in [0.25, 0.3) is 0 Å². The zero-order valence-electron chi connectivity index (χ0n) is 9.13. The summed E-state index contributed by atoms with van der Waals surface area (Å²) in [5.74, 6) is 0.863. The van der Waals surface area contributed by atoms with Crippen molar-refractivity contribution in [1.82, 2.24) is 0 Å². The van der Waals surface area contributed by atoms with E-state index in [1.165, 1.54) is 10.6 Å². The van der Waals surface area contributed by atoms with Crippen LogP contribution in [-0.4, -0.2) is 5.90 Å². The van der Waals surface area contributed by atoms with Gasteiger partial charge in [0.15, 0.2) is 0 Å². The van der Waals surface area contributed by atoms with E-state index in [0.29, 0.717) is 0 Å². The van der Waals surface area contributed by atoms with Crippen LogP contribution in [0.2, 0.25) is 0 Å². The van der Waals surface area contributed by atoms with E-state index in [4.69, 9.17) is 22.5 Å². The lowest BCUT2D eigenvalue weighted by molar-refractivity contribution is 1.77. The molecule has 0 radical (unpaired) electrons. The largest absolute Gasteiger partial charge is 0.0907 e. The van der Waals surface area contributed by atoms with Gasteiger partial charge in [0.05, 0.1) is 0 Å². The van der Waals surface area contributed by atoms with Crippen LogP contribution < -0.4 is 10.6 Å². The molecular formula is C13H12Cl2P2. The standard InChI is InChI=1S/C13H12Cl2P2/c14-16(12-7-3-1-4-8-12)11-17(15)13-9-5-2-6-10-13/h1-10H,11H2. The summed E-state index contributed by atoms with van der Waals surface area (Å²) in [6.07, 6.45) is 0. The Hall–Kier alpha value is -0.120. The first-order valence-electron chi connectivity index (χ1n) is 5.24. The quantitative estimate of drug-likeness (QED) is 0.707. The van der Waals surface area contributed by atoms with Gasteiger partial charge in [-0.3, -0.25) is 0 Å². The van der Waals surface area contributed by atoms with Crippen molar-refractivity contribution in [3.63, 3.8) is 0 Å². The SMILES string of the molecule is ClP(CP(Cl)c1ccccc1)c1ccccc1. The summed E-state index contributed by atoms with van der Waals surface area (Å²) in [6.45, 7) is 0. The van der Waals surface area contributed by atoms with Crippen LogP contribution in [0.4, 0.5) is 0 Å². The minimum absolute atomic E-state index is 0.670. The highest BCUT2D eigenvalue weighted by Crippen LogP contribution is 2.55. The Balaban J connectivity index is 2.02. The van der Waals surface area contributed by atoms with Gasteiger partial charge in [-0.05, 0) is 10.6 Å². The highest BCUT2D eigenvalue weighted by Gasteiger charge is 2.15. The molecule has 2 atom stereocenters. The minimum atomic E-state index is -0.670. The second kappa shape index (κ2) is 6.72. The van der Waals surface area contributed by atoms with Gasteiger partial charge >= 0.3 is 0 Å². The Morgan fingerprint density at radius 2 is 1.00 bits per heavy atom. The van der Waals surface area contributed by atoms with Gasteiger partial charge in [0, 0.05) is 20.5 Å². The van der Waals surface area contributed by atoms with Gasteiger partial charge < -0.3 is 0 Å². The van der Waals surface area contributed by atoms with Crippen LogP contribution in [0.5, 0.6) is 0 Å². The second-order valence-electron chi connectivity index (χ2n) is 3.54. The number of halogens is 2. The van der Waals surface area contributed by atoms with Crippen LogP contribution in [0.3, 0.4) is 0 Å². The molecule has 0 saturated heterocycles. The zero-order chi connectivity index (χ0) is 12.1. The number of hydrogen-bond acceptors (Lipinski definition) is 0. The van der Waals surface area contributed by atoms with E-state index < -0.39 is 14.5 Å². The summed E-state index contributed by atoms with van der Waals surface area (Å²) < 4.78 is 0. The summed E-state index contributed by atoms with van der Waals surface area (Å²) >= 11 is 12.9. The Kier molecular flexibility index (Phi) is 5.26. The Morgan fingerprint density at radius 3 is 1.35 bits per heavy atom. The molecule has 0 saturated carbocycles. The van der Waals surface area contributed by atoms with Crippen molar-refractivity contribution in [3.8, 4) is 0 Å². The predicted molar refractivity (Wildman–Crippen MR) is 82.6 cm³/mol. The van der Waals surface area contributed by atoms with Gasteiger partial charge in [0.1, 0.15) is 0 Å². The molecule has 0 aliphatic carbocycles. The number of rotatable bonds is 4. The normalized spacial score (nSPS) is 14.2. The molecule has 2 aromatic rings. The van der Waals surface area contributed by atoms with E-state index in [2.05, 4.69) is 24.3 Å². The summed E-state index contributed by atoms with van der Waals surface area (Å²) in [4.78, 5) is 0. The maximum absolute atomic E-state index is 6.45. The van der Waals surface area contributed by atoms with Gasteiger partial charge in [0.25, 0.3) is 0 Å². The van der Waals surface area contributed by atoms with Crippen LogP contribution in [0.15, 0.2) is 60.7 Å². The fourth-order valence-electron chi connectivity index (χ4n) is 1.45. The highest BCUT2D eigenvalue weighted by molar-refractivity contribution is 8.03. The second-order valence-corrected chi connectivity index (χ2v) is 9.60. The lowest BCUT2D eigenvalue weighted by Gasteiger charge is -2.14. The first-order valence-corrected chi connectivity index (χ1v) is 10.1. The molecule has 0 N–H and O–H groups in total. The molecule has 0 amide bonds. The summed E-state index contributed by atoms with van der Waals surface area (Å²) in [5.41, 5.74) is 0. The summed E-state index contributed by atoms with van der Waals surface area (Å²) in [5, 5.41) is 2.40. The molecule has 0 heterocycles. The van der Waals surface area contributed by atoms with Gasteiger partial charge in [-0.1, -0.05) is 83.1 Å². The van der Waals surface area contributed by atoms with E-state index in [-0.39, 0.29) is 0 Å². The summed E-state index contributed by atoms with van der Waals surface area (Å²) in [6, 6.07) is 20.4. The van der Waals surface area contributed by atoms with Crippen molar-refractivity contribution in [2.75, 3.05) is 5.90 Å². The van der Waals surface area contributed by atoms with Crippen LogP contribution in [-0.2, 0) is 0 Å². The van der Waals surface area contributed by atoms with Crippen LogP contribution in [0, 0.1) is 0 Å². The molecule has 4 heteroatoms. The van der Waals surface area contributed by atoms with E-state index in [0.717, 1.165) is 5.90 Å². The molecule has 2 rings (SSSR count). The van der Waals surface area contributed by atoms with Crippen molar-refractivity contribution in [1.29, 1.82) is 0 Å². The molecule has 0 aliphatic heterocycles. The molecule has 0 fully saturated rings. The zero-order valence-corrected chi connectivity index (χ0v) is 12.4. The van der Waals surface area contributed by atoms with E-state index in [1.54, 1.807) is 0 Å². The van der Waals surface area contributed by atoms with Gasteiger partial charge in [-0.2, -0.15) is 0 Å². The van der Waals surface area contributed by atoms with Crippen LogP contribution >= 0.6 is 37.0 Å². The first-order chi connectivity index (χ1) is 8.27. The van der Waals surface area contributed by atoms with Gasteiger partial charge in [-0.15, -0.1) is 0 Å². The minimum Gasteiger partial charge on any atom is -0.0907 e. The molecule has 88 valence electrons. The van der Waals surface area contributed by atoms with Crippen molar-refractivity contribution >= 4 is 47.6 Å². The molecule has 2 aromatic carbocycles. The third kappa shape index (κ3) is 3.94. The highest BCUT2D eigenvalue weighted by atomic mass is 35.7. The molecule has 0 aromatic heterocycles. The van der Waals surface area contributed by atoms with E-state index >= 15 is 0 Å². The number of benzene rings is 2. The Labute approximate surface area is 114 Å². The number of hydrogen-bond donors (Lipinski definition) is 0. The molecule has 0 nitrogen and oxygen atoms in total. The molecule has 0 aliphatic rings. The maximum atomic E-state index is 6.45. The maximum Gasteiger partial charge on any atom is 0.0271 e. The van der Waals surface area contributed by atoms with Crippen molar-refractivity contribution in [3.05, 3.63) is 60.7 Å². The average Bonchev–Trinajstić information content (AvgIpc) is 2.40. The summed E-state index contributed by atoms with van der Waals surface area (Å²) in [7, 11) is -1.34. The Bertz CT molecular complexity index is 404. The van der Waals surface area contributed by atoms with Crippen molar-refractivity contribution < 1.29 is 0 Å². The van der Waals surface area contributed by atoms with Crippen LogP contribution in [0.1, 0.15) is 0 Å². The third-order valence-corrected chi connectivity index (χ3v) is 9.12. The lowest BCUT2D eigenvalue weighted by Crippen LogP contribution is -2.02. The Morgan fingerprint density at radius 1 is 0.647 bits per heavy atom. The molecule has 2 unspecified atom stereocenters. The monoisotopic (exact) mass is 300 g/mol. The van der Waals surface area contributed by atoms with Crippen molar-refractivity contribution in [2.24, 2.45) is 0 Å². The van der Waals surface area contributed by atoms with Crippen molar-refractivity contribution in [2.45, 2.75) is 0 Å². The fourth-order valence-corrected chi connectivity index (χ4v) is 7.71. The third-order valence-electron chi connectivity index (χ3n) is 2.32.